The monoisotopic (exact) mass is 374 g/mol. The van der Waals surface area contributed by atoms with Crippen LogP contribution in [-0.4, -0.2) is 25.2 Å². The number of hydrogen-bond acceptors (Lipinski definition) is 4. The average molecular weight is 374 g/mol. The van der Waals surface area contributed by atoms with E-state index in [4.69, 9.17) is 9.47 Å². The third kappa shape index (κ3) is 3.96. The van der Waals surface area contributed by atoms with Crippen molar-refractivity contribution in [2.24, 2.45) is 0 Å². The van der Waals surface area contributed by atoms with Gasteiger partial charge in [0.25, 0.3) is 5.91 Å². The first-order chi connectivity index (χ1) is 13.7. The van der Waals surface area contributed by atoms with Crippen LogP contribution in [0.4, 0.5) is 5.69 Å². The van der Waals surface area contributed by atoms with Gasteiger partial charge in [0.05, 0.1) is 6.54 Å². The van der Waals surface area contributed by atoms with E-state index >= 15 is 0 Å². The molecule has 0 saturated carbocycles. The second kappa shape index (κ2) is 7.84. The molecule has 140 valence electrons. The van der Waals surface area contributed by atoms with E-state index in [1.165, 1.54) is 0 Å². The van der Waals surface area contributed by atoms with Crippen LogP contribution in [0.25, 0.3) is 11.1 Å². The highest BCUT2D eigenvalue weighted by molar-refractivity contribution is 6.00. The number of amides is 2. The summed E-state index contributed by atoms with van der Waals surface area (Å²) in [5, 5.41) is 5.37. The maximum atomic E-state index is 12.4. The van der Waals surface area contributed by atoms with Crippen LogP contribution < -0.4 is 20.1 Å². The Labute approximate surface area is 162 Å². The van der Waals surface area contributed by atoms with Crippen molar-refractivity contribution in [3.8, 4) is 22.6 Å². The number of carbonyl (C=O) groups is 2. The van der Waals surface area contributed by atoms with Gasteiger partial charge in [0.2, 0.25) is 12.7 Å². The number of anilines is 1. The molecule has 0 atom stereocenters. The van der Waals surface area contributed by atoms with E-state index < -0.39 is 0 Å². The lowest BCUT2D eigenvalue weighted by molar-refractivity contribution is -0.115. The first-order valence-electron chi connectivity index (χ1n) is 8.82. The van der Waals surface area contributed by atoms with Gasteiger partial charge in [-0.3, -0.25) is 9.59 Å². The Kier molecular flexibility index (Phi) is 4.93. The van der Waals surface area contributed by atoms with E-state index in [0.29, 0.717) is 22.7 Å². The molecule has 28 heavy (non-hydrogen) atoms. The minimum atomic E-state index is -0.327. The minimum Gasteiger partial charge on any atom is -0.454 e. The van der Waals surface area contributed by atoms with Gasteiger partial charge in [0.1, 0.15) is 0 Å². The quantitative estimate of drug-likeness (QED) is 0.717. The zero-order chi connectivity index (χ0) is 19.3. The molecule has 1 aliphatic rings. The molecular formula is C22H18N2O4. The lowest BCUT2D eigenvalue weighted by atomic mass is 10.0. The number of ether oxygens (including phenoxy) is 2. The second-order valence-corrected chi connectivity index (χ2v) is 6.25. The van der Waals surface area contributed by atoms with Crippen LogP contribution >= 0.6 is 0 Å². The highest BCUT2D eigenvalue weighted by atomic mass is 16.7. The van der Waals surface area contributed by atoms with Gasteiger partial charge in [0, 0.05) is 17.3 Å². The standard InChI is InChI=1S/C22H18N2O4/c25-21(24-18-9-10-19-20(12-18)28-14-27-19)13-23-22(26)17-8-4-7-16(11-17)15-5-2-1-3-6-15/h1-12H,13-14H2,(H,23,26)(H,24,25). The van der Waals surface area contributed by atoms with E-state index in [1.54, 1.807) is 30.3 Å². The van der Waals surface area contributed by atoms with Crippen molar-refractivity contribution in [1.82, 2.24) is 5.32 Å². The van der Waals surface area contributed by atoms with Crippen molar-refractivity contribution >= 4 is 17.5 Å². The zero-order valence-electron chi connectivity index (χ0n) is 15.0. The van der Waals surface area contributed by atoms with Crippen molar-refractivity contribution in [3.05, 3.63) is 78.4 Å². The van der Waals surface area contributed by atoms with Gasteiger partial charge in [-0.2, -0.15) is 0 Å². The number of carbonyl (C=O) groups excluding carboxylic acids is 2. The zero-order valence-corrected chi connectivity index (χ0v) is 15.0. The molecule has 4 rings (SSSR count). The fourth-order valence-corrected chi connectivity index (χ4v) is 2.91. The lowest BCUT2D eigenvalue weighted by Crippen LogP contribution is -2.32. The van der Waals surface area contributed by atoms with E-state index in [1.807, 2.05) is 42.5 Å². The fourth-order valence-electron chi connectivity index (χ4n) is 2.91. The summed E-state index contributed by atoms with van der Waals surface area (Å²) >= 11 is 0. The third-order valence-corrected chi connectivity index (χ3v) is 4.30. The Morgan fingerprint density at radius 1 is 0.821 bits per heavy atom. The van der Waals surface area contributed by atoms with Gasteiger partial charge in [-0.15, -0.1) is 0 Å². The molecule has 0 saturated heterocycles. The third-order valence-electron chi connectivity index (χ3n) is 4.30. The molecule has 0 unspecified atom stereocenters. The van der Waals surface area contributed by atoms with E-state index in [9.17, 15) is 9.59 Å². The maximum Gasteiger partial charge on any atom is 0.251 e. The summed E-state index contributed by atoms with van der Waals surface area (Å²) in [6, 6.07) is 22.2. The Morgan fingerprint density at radius 3 is 2.46 bits per heavy atom. The highest BCUT2D eigenvalue weighted by Crippen LogP contribution is 2.34. The summed E-state index contributed by atoms with van der Waals surface area (Å²) < 4.78 is 10.5. The second-order valence-electron chi connectivity index (χ2n) is 6.25. The molecule has 0 bridgehead atoms. The summed E-state index contributed by atoms with van der Waals surface area (Å²) in [7, 11) is 0. The molecule has 3 aromatic rings. The van der Waals surface area contributed by atoms with Gasteiger partial charge in [-0.05, 0) is 35.4 Å². The molecule has 0 spiro atoms. The van der Waals surface area contributed by atoms with Gasteiger partial charge < -0.3 is 20.1 Å². The van der Waals surface area contributed by atoms with Crippen LogP contribution in [0, 0.1) is 0 Å². The first-order valence-corrected chi connectivity index (χ1v) is 8.82. The number of rotatable bonds is 5. The molecule has 0 aliphatic carbocycles. The average Bonchev–Trinajstić information content (AvgIpc) is 3.20. The van der Waals surface area contributed by atoms with Gasteiger partial charge in [-0.25, -0.2) is 0 Å². The molecule has 0 radical (unpaired) electrons. The molecule has 2 amide bonds. The molecule has 1 aliphatic heterocycles. The first kappa shape index (κ1) is 17.6. The van der Waals surface area contributed by atoms with Crippen LogP contribution in [-0.2, 0) is 4.79 Å². The van der Waals surface area contributed by atoms with Gasteiger partial charge >= 0.3 is 0 Å². The van der Waals surface area contributed by atoms with E-state index in [2.05, 4.69) is 10.6 Å². The molecule has 1 heterocycles. The van der Waals surface area contributed by atoms with E-state index in [0.717, 1.165) is 11.1 Å². The summed E-state index contributed by atoms with van der Waals surface area (Å²) in [4.78, 5) is 24.5. The summed E-state index contributed by atoms with van der Waals surface area (Å²) in [5.41, 5.74) is 3.04. The van der Waals surface area contributed by atoms with Crippen LogP contribution in [0.3, 0.4) is 0 Å². The van der Waals surface area contributed by atoms with Crippen molar-refractivity contribution in [2.75, 3.05) is 18.7 Å². The largest absolute Gasteiger partial charge is 0.454 e. The van der Waals surface area contributed by atoms with Crippen LogP contribution in [0.1, 0.15) is 10.4 Å². The molecule has 3 aromatic carbocycles. The summed E-state index contributed by atoms with van der Waals surface area (Å²) in [5.74, 6) is 0.592. The molecular weight excluding hydrogens is 356 g/mol. The Hall–Kier alpha value is -3.80. The summed E-state index contributed by atoms with van der Waals surface area (Å²) in [6.45, 7) is 0.0354. The van der Waals surface area contributed by atoms with Crippen molar-refractivity contribution in [2.45, 2.75) is 0 Å². The molecule has 2 N–H and O–H groups in total. The van der Waals surface area contributed by atoms with Crippen LogP contribution in [0.2, 0.25) is 0 Å². The molecule has 0 fully saturated rings. The fraction of sp³-hybridized carbons (Fsp3) is 0.0909. The Bertz CT molecular complexity index is 1020. The molecule has 0 aromatic heterocycles. The van der Waals surface area contributed by atoms with Gasteiger partial charge in [0.15, 0.2) is 11.5 Å². The number of fused-ring (bicyclic) bond motifs is 1. The molecule has 6 heteroatoms. The smallest absolute Gasteiger partial charge is 0.251 e. The predicted molar refractivity (Wildman–Crippen MR) is 105 cm³/mol. The molecule has 6 nitrogen and oxygen atoms in total. The van der Waals surface area contributed by atoms with Crippen molar-refractivity contribution in [1.29, 1.82) is 0 Å². The topological polar surface area (TPSA) is 76.7 Å². The Balaban J connectivity index is 1.36. The van der Waals surface area contributed by atoms with E-state index in [-0.39, 0.29) is 25.2 Å². The summed E-state index contributed by atoms with van der Waals surface area (Å²) in [6.07, 6.45) is 0. The predicted octanol–water partition coefficient (Wildman–Crippen LogP) is 3.45. The van der Waals surface area contributed by atoms with Crippen LogP contribution in [0.15, 0.2) is 72.8 Å². The number of benzene rings is 3. The highest BCUT2D eigenvalue weighted by Gasteiger charge is 2.14. The maximum absolute atomic E-state index is 12.4. The van der Waals surface area contributed by atoms with Crippen LogP contribution in [0.5, 0.6) is 11.5 Å². The van der Waals surface area contributed by atoms with Crippen molar-refractivity contribution in [3.63, 3.8) is 0 Å². The Morgan fingerprint density at radius 2 is 1.61 bits per heavy atom. The van der Waals surface area contributed by atoms with Crippen molar-refractivity contribution < 1.29 is 19.1 Å². The lowest BCUT2D eigenvalue weighted by Gasteiger charge is -2.09. The normalized spacial score (nSPS) is 11.7. The number of hydrogen-bond donors (Lipinski definition) is 2. The minimum absolute atomic E-state index is 0.136. The SMILES string of the molecule is O=C(CNC(=O)c1cccc(-c2ccccc2)c1)Nc1ccc2c(c1)OCO2. The van der Waals surface area contributed by atoms with Gasteiger partial charge in [-0.1, -0.05) is 42.5 Å². The number of nitrogens with one attached hydrogen (secondary N) is 2.